The Kier molecular flexibility index (Phi) is 2.60. The van der Waals surface area contributed by atoms with Crippen LogP contribution in [0, 0.1) is 5.92 Å². The molecule has 1 N–H and O–H groups in total. The van der Waals surface area contributed by atoms with E-state index in [1.54, 1.807) is 13.8 Å². The molecule has 0 aliphatic carbocycles. The van der Waals surface area contributed by atoms with Gasteiger partial charge in [0.1, 0.15) is 6.61 Å². The van der Waals surface area contributed by atoms with Crippen LogP contribution in [0.5, 0.6) is 0 Å². The van der Waals surface area contributed by atoms with Crippen molar-refractivity contribution in [1.82, 2.24) is 0 Å². The zero-order valence-electron chi connectivity index (χ0n) is 4.64. The average molecular weight is 103 g/mol. The summed E-state index contributed by atoms with van der Waals surface area (Å²) >= 11 is 0. The van der Waals surface area contributed by atoms with Crippen LogP contribution in [-0.2, 0) is 4.79 Å². The number of hydrogen-bond donors (Lipinski definition) is 1. The quantitative estimate of drug-likeness (QED) is 0.507. The van der Waals surface area contributed by atoms with Gasteiger partial charge in [-0.3, -0.25) is 4.79 Å². The molecule has 2 nitrogen and oxygen atoms in total. The summed E-state index contributed by atoms with van der Waals surface area (Å²) in [7, 11) is 0. The van der Waals surface area contributed by atoms with Gasteiger partial charge in [0, 0.05) is 5.92 Å². The van der Waals surface area contributed by atoms with E-state index in [1.165, 1.54) is 0 Å². The third-order valence-electron chi connectivity index (χ3n) is 0.800. The molecule has 0 saturated carbocycles. The first-order valence-electron chi connectivity index (χ1n) is 2.32. The Hall–Kier alpha value is -0.370. The molecule has 0 aromatic rings. The highest BCUT2D eigenvalue weighted by atomic mass is 16.3. The molecule has 2 heteroatoms. The second-order valence-corrected chi connectivity index (χ2v) is 1.78. The Morgan fingerprint density at radius 3 is 2.14 bits per heavy atom. The lowest BCUT2D eigenvalue weighted by Gasteiger charge is -1.95. The predicted molar refractivity (Wildman–Crippen MR) is 26.9 cm³/mol. The second kappa shape index (κ2) is 2.75. The van der Waals surface area contributed by atoms with Crippen molar-refractivity contribution in [2.24, 2.45) is 5.92 Å². The molecular formula is C5H10O2. The van der Waals surface area contributed by atoms with Gasteiger partial charge < -0.3 is 5.11 Å². The summed E-state index contributed by atoms with van der Waals surface area (Å²) in [4.78, 5) is 10.3. The van der Waals surface area contributed by atoms with E-state index in [-0.39, 0.29) is 18.3 Å². The molecule has 0 fully saturated rings. The Labute approximate surface area is 43.2 Å². The molecule has 0 amide bonds. The van der Waals surface area contributed by atoms with Gasteiger partial charge in [-0.05, 0) is 0 Å². The van der Waals surface area contributed by atoms with Crippen molar-refractivity contribution in [2.75, 3.05) is 6.61 Å². The first-order valence-corrected chi connectivity index (χ1v) is 2.32. The topological polar surface area (TPSA) is 37.3 Å². The van der Waals surface area contributed by atoms with Crippen molar-refractivity contribution in [1.29, 1.82) is 0 Å². The van der Waals surface area contributed by atoms with E-state index in [2.05, 4.69) is 0 Å². The molecule has 0 aliphatic rings. The SMILES string of the molecule is CC(C)[13C](=O)CO. The summed E-state index contributed by atoms with van der Waals surface area (Å²) in [6.07, 6.45) is 0. The molecule has 0 aromatic carbocycles. The van der Waals surface area contributed by atoms with Crippen LogP contribution in [0.4, 0.5) is 0 Å². The van der Waals surface area contributed by atoms with E-state index in [4.69, 9.17) is 5.11 Å². The molecule has 0 atom stereocenters. The van der Waals surface area contributed by atoms with Crippen molar-refractivity contribution < 1.29 is 9.90 Å². The molecule has 0 bridgehead atoms. The first kappa shape index (κ1) is 6.63. The van der Waals surface area contributed by atoms with E-state index in [0.29, 0.717) is 0 Å². The lowest BCUT2D eigenvalue weighted by atomic mass is 10.3. The van der Waals surface area contributed by atoms with Gasteiger partial charge in [0.15, 0.2) is 5.78 Å². The van der Waals surface area contributed by atoms with Gasteiger partial charge in [-0.25, -0.2) is 0 Å². The minimum absolute atomic E-state index is 0.0231. The van der Waals surface area contributed by atoms with Gasteiger partial charge in [-0.1, -0.05) is 13.8 Å². The summed E-state index contributed by atoms with van der Waals surface area (Å²) in [6, 6.07) is 0. The molecule has 0 aliphatic heterocycles. The number of Topliss-reactive ketones (excluding diaryl/α,β-unsaturated/α-hetero) is 1. The smallest absolute Gasteiger partial charge is 0.160 e. The van der Waals surface area contributed by atoms with Crippen LogP contribution in [0.15, 0.2) is 0 Å². The van der Waals surface area contributed by atoms with Gasteiger partial charge >= 0.3 is 0 Å². The standard InChI is InChI=1S/C5H10O2/c1-4(2)5(7)3-6/h4,6H,3H2,1-2H3/i5+1. The van der Waals surface area contributed by atoms with Crippen LogP contribution in [-0.4, -0.2) is 17.5 Å². The molecule has 0 spiro atoms. The van der Waals surface area contributed by atoms with Gasteiger partial charge in [0.05, 0.1) is 0 Å². The van der Waals surface area contributed by atoms with Crippen LogP contribution >= 0.6 is 0 Å². The molecule has 0 rings (SSSR count). The van der Waals surface area contributed by atoms with Crippen molar-refractivity contribution in [3.05, 3.63) is 0 Å². The van der Waals surface area contributed by atoms with E-state index < -0.39 is 0 Å². The largest absolute Gasteiger partial charge is 0.389 e. The van der Waals surface area contributed by atoms with Gasteiger partial charge in [0.2, 0.25) is 0 Å². The van der Waals surface area contributed by atoms with Crippen molar-refractivity contribution >= 4 is 5.78 Å². The number of carbonyl (C=O) groups is 1. The fourth-order valence-corrected chi connectivity index (χ4v) is 0.183. The molecule has 7 heavy (non-hydrogen) atoms. The second-order valence-electron chi connectivity index (χ2n) is 1.78. The van der Waals surface area contributed by atoms with E-state index in [0.717, 1.165) is 0 Å². The number of hydrogen-bond acceptors (Lipinski definition) is 2. The molecule has 42 valence electrons. The molecule has 0 radical (unpaired) electrons. The summed E-state index contributed by atoms with van der Waals surface area (Å²) in [5.41, 5.74) is 0. The summed E-state index contributed by atoms with van der Waals surface area (Å²) < 4.78 is 0. The van der Waals surface area contributed by atoms with E-state index in [1.807, 2.05) is 0 Å². The number of aliphatic hydroxyl groups excluding tert-OH is 1. The third-order valence-corrected chi connectivity index (χ3v) is 0.800. The fourth-order valence-electron chi connectivity index (χ4n) is 0.183. The highest BCUT2D eigenvalue weighted by Gasteiger charge is 2.02. The zero-order valence-corrected chi connectivity index (χ0v) is 4.64. The Morgan fingerprint density at radius 2 is 2.14 bits per heavy atom. The number of rotatable bonds is 2. The number of carbonyl (C=O) groups excluding carboxylic acids is 1. The summed E-state index contributed by atoms with van der Waals surface area (Å²) in [6.45, 7) is 3.20. The number of ketones is 1. The maximum atomic E-state index is 10.3. The zero-order chi connectivity index (χ0) is 5.86. The van der Waals surface area contributed by atoms with Crippen LogP contribution < -0.4 is 0 Å². The van der Waals surface area contributed by atoms with Gasteiger partial charge in [-0.2, -0.15) is 0 Å². The summed E-state index contributed by atoms with van der Waals surface area (Å²) in [5, 5.41) is 8.16. The molecule has 0 heterocycles. The minimum Gasteiger partial charge on any atom is -0.389 e. The van der Waals surface area contributed by atoms with E-state index in [9.17, 15) is 4.79 Å². The summed E-state index contributed by atoms with van der Waals surface area (Å²) in [5.74, 6) is -0.120. The molecule has 0 aromatic heterocycles. The predicted octanol–water partition coefficient (Wildman–Crippen LogP) is 0.204. The van der Waals surface area contributed by atoms with Crippen LogP contribution in [0.2, 0.25) is 0 Å². The lowest BCUT2D eigenvalue weighted by molar-refractivity contribution is -0.124. The molecule has 0 saturated heterocycles. The van der Waals surface area contributed by atoms with Crippen LogP contribution in [0.25, 0.3) is 0 Å². The lowest BCUT2D eigenvalue weighted by Crippen LogP contribution is -2.10. The highest BCUT2D eigenvalue weighted by molar-refractivity contribution is 5.81. The van der Waals surface area contributed by atoms with E-state index >= 15 is 0 Å². The number of aliphatic hydroxyl groups is 1. The minimum atomic E-state index is -0.322. The maximum Gasteiger partial charge on any atom is 0.160 e. The Morgan fingerprint density at radius 1 is 1.71 bits per heavy atom. The first-order chi connectivity index (χ1) is 3.18. The highest BCUT2D eigenvalue weighted by Crippen LogP contribution is 1.90. The Bertz CT molecular complexity index is 66.5. The molecular weight excluding hydrogens is 93.0 g/mol. The van der Waals surface area contributed by atoms with Crippen LogP contribution in [0.1, 0.15) is 13.8 Å². The Balaban J connectivity index is 3.35. The normalized spacial score (nSPS) is 9.71. The molecule has 0 unspecified atom stereocenters. The maximum absolute atomic E-state index is 10.3. The van der Waals surface area contributed by atoms with Gasteiger partial charge in [0.25, 0.3) is 0 Å². The average Bonchev–Trinajstić information content (AvgIpc) is 1.65. The van der Waals surface area contributed by atoms with Crippen molar-refractivity contribution in [2.45, 2.75) is 13.8 Å². The van der Waals surface area contributed by atoms with Crippen molar-refractivity contribution in [3.63, 3.8) is 0 Å². The monoisotopic (exact) mass is 103 g/mol. The van der Waals surface area contributed by atoms with Gasteiger partial charge in [-0.15, -0.1) is 0 Å². The fraction of sp³-hybridized carbons (Fsp3) is 0.800. The van der Waals surface area contributed by atoms with Crippen molar-refractivity contribution in [3.8, 4) is 0 Å². The third kappa shape index (κ3) is 2.34. The van der Waals surface area contributed by atoms with Crippen LogP contribution in [0.3, 0.4) is 0 Å².